The van der Waals surface area contributed by atoms with E-state index >= 15 is 0 Å². The molecule has 35 heavy (non-hydrogen) atoms. The molecule has 1 aromatic heterocycles. The number of halogens is 1. The molecule has 1 atom stereocenters. The summed E-state index contributed by atoms with van der Waals surface area (Å²) in [4.78, 5) is 19.2. The number of benzene rings is 3. The summed E-state index contributed by atoms with van der Waals surface area (Å²) in [6.07, 6.45) is 3.95. The molecule has 0 amide bonds. The second-order valence-electron chi connectivity index (χ2n) is 7.94. The topological polar surface area (TPSA) is 52.8 Å². The van der Waals surface area contributed by atoms with Crippen molar-refractivity contribution >= 4 is 39.0 Å². The van der Waals surface area contributed by atoms with Gasteiger partial charge >= 0.3 is 0 Å². The Bertz CT molecular complexity index is 1570. The first-order chi connectivity index (χ1) is 17.1. The highest BCUT2D eigenvalue weighted by Crippen LogP contribution is 2.29. The average molecular weight is 547 g/mol. The number of nitrogens with zero attached hydrogens (tertiary/aromatic N) is 2. The van der Waals surface area contributed by atoms with Gasteiger partial charge in [-0.1, -0.05) is 75.8 Å². The molecule has 3 aromatic carbocycles. The highest BCUT2D eigenvalue weighted by atomic mass is 79.9. The van der Waals surface area contributed by atoms with Crippen molar-refractivity contribution in [1.29, 1.82) is 0 Å². The predicted octanol–water partition coefficient (Wildman–Crippen LogP) is 5.17. The predicted molar refractivity (Wildman–Crippen MR) is 144 cm³/mol. The minimum Gasteiger partial charge on any atom is -0.493 e. The van der Waals surface area contributed by atoms with Gasteiger partial charge in [0.15, 0.2) is 16.3 Å². The number of methoxy groups -OCH3 is 1. The minimum atomic E-state index is -0.258. The molecule has 0 radical (unpaired) electrons. The molecule has 0 fully saturated rings. The second kappa shape index (κ2) is 10.1. The summed E-state index contributed by atoms with van der Waals surface area (Å²) in [5.41, 5.74) is 3.69. The molecule has 1 unspecified atom stereocenters. The third-order valence-electron chi connectivity index (χ3n) is 5.71. The molecule has 0 bridgehead atoms. The van der Waals surface area contributed by atoms with Gasteiger partial charge in [0.05, 0.1) is 30.0 Å². The summed E-state index contributed by atoms with van der Waals surface area (Å²) in [6, 6.07) is 23.5. The maximum absolute atomic E-state index is 13.6. The number of thiazole rings is 1. The Morgan fingerprint density at radius 1 is 1.06 bits per heavy atom. The van der Waals surface area contributed by atoms with E-state index in [4.69, 9.17) is 14.5 Å². The van der Waals surface area contributed by atoms with Crippen molar-refractivity contribution in [2.75, 3.05) is 13.7 Å². The fourth-order valence-electron chi connectivity index (χ4n) is 4.05. The molecular weight excluding hydrogens is 524 g/mol. The van der Waals surface area contributed by atoms with Gasteiger partial charge in [-0.15, -0.1) is 0 Å². The van der Waals surface area contributed by atoms with Gasteiger partial charge in [0.25, 0.3) is 5.56 Å². The lowest BCUT2D eigenvalue weighted by atomic mass is 10.0. The Morgan fingerprint density at radius 3 is 2.54 bits per heavy atom. The van der Waals surface area contributed by atoms with Crippen LogP contribution in [0.2, 0.25) is 0 Å². The van der Waals surface area contributed by atoms with E-state index < -0.39 is 0 Å². The number of hydrogen-bond donors (Lipinski definition) is 0. The van der Waals surface area contributed by atoms with Gasteiger partial charge in [-0.05, 0) is 60.0 Å². The summed E-state index contributed by atoms with van der Waals surface area (Å²) in [5.74, 6) is 1.31. The van der Waals surface area contributed by atoms with Crippen LogP contribution >= 0.6 is 27.3 Å². The molecule has 0 aliphatic carbocycles. The Labute approximate surface area is 215 Å². The van der Waals surface area contributed by atoms with Gasteiger partial charge < -0.3 is 9.47 Å². The van der Waals surface area contributed by atoms with E-state index in [0.717, 1.165) is 26.9 Å². The van der Waals surface area contributed by atoms with E-state index in [9.17, 15) is 4.79 Å². The monoisotopic (exact) mass is 546 g/mol. The first kappa shape index (κ1) is 23.3. The van der Waals surface area contributed by atoms with Crippen molar-refractivity contribution in [3.8, 4) is 11.5 Å². The lowest BCUT2D eigenvalue weighted by Gasteiger charge is -2.19. The third kappa shape index (κ3) is 4.74. The average Bonchev–Trinajstić information content (AvgIpc) is 3.20. The summed E-state index contributed by atoms with van der Waals surface area (Å²) >= 11 is 4.90. The lowest BCUT2D eigenvalue weighted by molar-refractivity contribution is 0.311. The fraction of sp³-hybridized carbons (Fsp3) is 0.143. The van der Waals surface area contributed by atoms with Crippen LogP contribution in [0.5, 0.6) is 11.5 Å². The maximum Gasteiger partial charge on any atom is 0.271 e. The largest absolute Gasteiger partial charge is 0.493 e. The van der Waals surface area contributed by atoms with Crippen molar-refractivity contribution in [3.63, 3.8) is 0 Å². The van der Waals surface area contributed by atoms with Gasteiger partial charge in [0, 0.05) is 4.47 Å². The van der Waals surface area contributed by atoms with Crippen LogP contribution in [0.1, 0.15) is 29.7 Å². The van der Waals surface area contributed by atoms with Crippen LogP contribution in [0.3, 0.4) is 0 Å². The number of aromatic nitrogens is 1. The van der Waals surface area contributed by atoms with Gasteiger partial charge in [0.2, 0.25) is 0 Å². The molecule has 4 aromatic rings. The van der Waals surface area contributed by atoms with Gasteiger partial charge in [0.1, 0.15) is 0 Å². The zero-order valence-corrected chi connectivity index (χ0v) is 21.7. The molecule has 176 valence electrons. The van der Waals surface area contributed by atoms with Crippen molar-refractivity contribution in [2.45, 2.75) is 13.0 Å². The second-order valence-corrected chi connectivity index (χ2v) is 9.86. The Kier molecular flexibility index (Phi) is 6.70. The molecule has 7 heteroatoms. The van der Waals surface area contributed by atoms with Gasteiger partial charge in [-0.3, -0.25) is 9.36 Å². The van der Waals surface area contributed by atoms with E-state index in [2.05, 4.69) is 22.0 Å². The molecule has 2 heterocycles. The van der Waals surface area contributed by atoms with Crippen molar-refractivity contribution in [2.24, 2.45) is 4.99 Å². The van der Waals surface area contributed by atoms with Crippen LogP contribution in [0.25, 0.3) is 11.8 Å². The third-order valence-corrected chi connectivity index (χ3v) is 7.22. The normalized spacial score (nSPS) is 15.2. The SMILES string of the molecule is CCOc1cc(C=c2sc3n(c2=O)C(c2ccc(Br)cc2)C=C(c2ccccc2)N=3)ccc1OC. The highest BCUT2D eigenvalue weighted by Gasteiger charge is 2.22. The Balaban J connectivity index is 1.68. The number of rotatable bonds is 6. The van der Waals surface area contributed by atoms with Crippen LogP contribution < -0.4 is 24.4 Å². The van der Waals surface area contributed by atoms with Crippen molar-refractivity contribution < 1.29 is 9.47 Å². The number of ether oxygens (including phenoxy) is 2. The van der Waals surface area contributed by atoms with Crippen LogP contribution in [-0.2, 0) is 0 Å². The molecule has 0 N–H and O–H groups in total. The van der Waals surface area contributed by atoms with Crippen molar-refractivity contribution in [1.82, 2.24) is 4.57 Å². The molecule has 0 spiro atoms. The van der Waals surface area contributed by atoms with E-state index in [0.29, 0.717) is 27.4 Å². The van der Waals surface area contributed by atoms with Crippen LogP contribution in [0.15, 0.2) is 93.1 Å². The maximum atomic E-state index is 13.6. The standard InChI is InChI=1S/C28H23BrN2O3S/c1-3-34-25-15-18(9-14-24(25)33-2)16-26-27(32)31-23(20-10-12-21(29)13-11-20)17-22(30-28(31)35-26)19-7-5-4-6-8-19/h4-17,23H,3H2,1-2H3. The first-order valence-electron chi connectivity index (χ1n) is 11.2. The lowest BCUT2D eigenvalue weighted by Crippen LogP contribution is -2.36. The molecule has 5 rings (SSSR count). The summed E-state index contributed by atoms with van der Waals surface area (Å²) < 4.78 is 14.5. The summed E-state index contributed by atoms with van der Waals surface area (Å²) in [6.45, 7) is 2.45. The van der Waals surface area contributed by atoms with E-state index in [1.807, 2.05) is 85.8 Å². The minimum absolute atomic E-state index is 0.0705. The highest BCUT2D eigenvalue weighted by molar-refractivity contribution is 9.10. The summed E-state index contributed by atoms with van der Waals surface area (Å²) in [7, 11) is 1.61. The molecule has 5 nitrogen and oxygen atoms in total. The number of allylic oxidation sites excluding steroid dienone is 1. The molecule has 0 saturated heterocycles. The van der Waals surface area contributed by atoms with Crippen LogP contribution in [0, 0.1) is 0 Å². The van der Waals surface area contributed by atoms with E-state index in [1.165, 1.54) is 11.3 Å². The van der Waals surface area contributed by atoms with Gasteiger partial charge in [-0.25, -0.2) is 4.99 Å². The quantitative estimate of drug-likeness (QED) is 0.335. The zero-order chi connectivity index (χ0) is 24.4. The Morgan fingerprint density at radius 2 is 1.83 bits per heavy atom. The molecule has 0 saturated carbocycles. The fourth-order valence-corrected chi connectivity index (χ4v) is 5.33. The van der Waals surface area contributed by atoms with Gasteiger partial charge in [-0.2, -0.15) is 0 Å². The first-order valence-corrected chi connectivity index (χ1v) is 12.8. The smallest absolute Gasteiger partial charge is 0.271 e. The van der Waals surface area contributed by atoms with Crippen LogP contribution in [0.4, 0.5) is 0 Å². The molecular formula is C28H23BrN2O3S. The summed E-state index contributed by atoms with van der Waals surface area (Å²) in [5, 5.41) is 0. The zero-order valence-electron chi connectivity index (χ0n) is 19.3. The Hall–Kier alpha value is -3.42. The van der Waals surface area contributed by atoms with Crippen molar-refractivity contribution in [3.05, 3.63) is 120 Å². The van der Waals surface area contributed by atoms with E-state index in [1.54, 1.807) is 11.7 Å². The van der Waals surface area contributed by atoms with E-state index in [-0.39, 0.29) is 11.6 Å². The van der Waals surface area contributed by atoms with Crippen LogP contribution in [-0.4, -0.2) is 18.3 Å². The molecule has 1 aliphatic heterocycles. The number of hydrogen-bond acceptors (Lipinski definition) is 5. The number of fused-ring (bicyclic) bond motifs is 1. The molecule has 1 aliphatic rings.